The molecule has 8 aromatic rings. The highest BCUT2D eigenvalue weighted by Crippen LogP contribution is 2.24. The quantitative estimate of drug-likeness (QED) is 0.0811. The lowest BCUT2D eigenvalue weighted by Gasteiger charge is -1.99. The smallest absolute Gasteiger partial charge is 0.506 e. The maximum Gasteiger partial charge on any atom is 0.631 e. The maximum atomic E-state index is 9.43. The molecular formula is C40H39BN4O7. The molecule has 0 amide bonds. The van der Waals surface area contributed by atoms with Gasteiger partial charge in [0.25, 0.3) is 0 Å². The van der Waals surface area contributed by atoms with Crippen molar-refractivity contribution in [1.82, 2.24) is 19.9 Å². The molecule has 0 atom stereocenters. The Morgan fingerprint density at radius 2 is 0.519 bits per heavy atom. The summed E-state index contributed by atoms with van der Waals surface area (Å²) in [7, 11) is -2.17. The van der Waals surface area contributed by atoms with E-state index in [0.717, 1.165) is 44.3 Å². The van der Waals surface area contributed by atoms with Crippen LogP contribution in [0.1, 0.15) is 22.8 Å². The Morgan fingerprint density at radius 1 is 0.327 bits per heavy atom. The van der Waals surface area contributed by atoms with E-state index in [9.17, 15) is 20.4 Å². The number of hydrogen-bond acceptors (Lipinski definition) is 11. The monoisotopic (exact) mass is 698 g/mol. The van der Waals surface area contributed by atoms with Gasteiger partial charge in [-0.05, 0) is 76.2 Å². The molecule has 0 aliphatic heterocycles. The fourth-order valence-corrected chi connectivity index (χ4v) is 4.92. The summed E-state index contributed by atoms with van der Waals surface area (Å²) in [5.74, 6) is 0.986. The zero-order valence-electron chi connectivity index (χ0n) is 29.0. The fourth-order valence-electron chi connectivity index (χ4n) is 4.92. The summed E-state index contributed by atoms with van der Waals surface area (Å²) in [4.78, 5) is 16.9. The van der Waals surface area contributed by atoms with Crippen molar-refractivity contribution in [3.05, 3.63) is 144 Å². The van der Waals surface area contributed by atoms with Crippen molar-refractivity contribution in [1.29, 1.82) is 0 Å². The molecule has 264 valence electrons. The number of phenolic OH excluding ortho intramolecular Hbond substituents is 4. The first-order valence-corrected chi connectivity index (χ1v) is 16.1. The second kappa shape index (κ2) is 18.1. The molecule has 0 aliphatic rings. The average Bonchev–Trinajstić information content (AvgIpc) is 3.11. The number of benzene rings is 4. The number of nitrogens with zero attached hydrogens (tertiary/aromatic N) is 4. The number of para-hydroxylation sites is 4. The van der Waals surface area contributed by atoms with Gasteiger partial charge in [-0.25, -0.2) is 19.9 Å². The van der Waals surface area contributed by atoms with E-state index in [1.165, 1.54) is 0 Å². The molecule has 7 N–H and O–H groups in total. The molecule has 0 spiro atoms. The molecule has 0 unspecified atom stereocenters. The van der Waals surface area contributed by atoms with Crippen molar-refractivity contribution < 1.29 is 35.5 Å². The van der Waals surface area contributed by atoms with Crippen molar-refractivity contribution in [2.75, 3.05) is 0 Å². The summed E-state index contributed by atoms with van der Waals surface area (Å²) in [5.41, 5.74) is 6.39. The second-order valence-electron chi connectivity index (χ2n) is 11.6. The van der Waals surface area contributed by atoms with Crippen molar-refractivity contribution in [3.8, 4) is 23.0 Å². The van der Waals surface area contributed by atoms with Gasteiger partial charge in [-0.1, -0.05) is 72.8 Å². The Kier molecular flexibility index (Phi) is 13.4. The minimum absolute atomic E-state index is 0.246. The van der Waals surface area contributed by atoms with Crippen LogP contribution in [0, 0.1) is 27.7 Å². The lowest BCUT2D eigenvalue weighted by atomic mass is 10.2. The predicted octanol–water partition coefficient (Wildman–Crippen LogP) is 6.94. The van der Waals surface area contributed by atoms with Crippen LogP contribution in [0.15, 0.2) is 121 Å². The Bertz CT molecular complexity index is 2090. The number of pyridine rings is 4. The van der Waals surface area contributed by atoms with Gasteiger partial charge < -0.3 is 35.5 Å². The normalized spacial score (nSPS) is 10.1. The van der Waals surface area contributed by atoms with Crippen molar-refractivity contribution in [2.24, 2.45) is 0 Å². The highest BCUT2D eigenvalue weighted by Gasteiger charge is 2.02. The third-order valence-electron chi connectivity index (χ3n) is 7.35. The Morgan fingerprint density at radius 3 is 0.712 bits per heavy atom. The minimum atomic E-state index is -2.17. The molecule has 8 rings (SSSR count). The summed E-state index contributed by atoms with van der Waals surface area (Å²) in [6.07, 6.45) is 0. The van der Waals surface area contributed by atoms with Crippen molar-refractivity contribution in [3.63, 3.8) is 0 Å². The molecule has 4 aromatic heterocycles. The minimum Gasteiger partial charge on any atom is -0.506 e. The van der Waals surface area contributed by atoms with Gasteiger partial charge in [0.15, 0.2) is 0 Å². The first-order chi connectivity index (χ1) is 24.8. The molecule has 0 saturated carbocycles. The molecule has 0 fully saturated rings. The van der Waals surface area contributed by atoms with Crippen LogP contribution in [0.4, 0.5) is 0 Å². The van der Waals surface area contributed by atoms with E-state index < -0.39 is 7.32 Å². The zero-order chi connectivity index (χ0) is 37.8. The van der Waals surface area contributed by atoms with Crippen LogP contribution in [0.3, 0.4) is 0 Å². The van der Waals surface area contributed by atoms with Crippen molar-refractivity contribution in [2.45, 2.75) is 27.7 Å². The molecule has 0 saturated heterocycles. The maximum absolute atomic E-state index is 9.43. The first-order valence-electron chi connectivity index (χ1n) is 16.1. The average molecular weight is 699 g/mol. The van der Waals surface area contributed by atoms with Gasteiger partial charge in [0, 0.05) is 44.3 Å². The molecule has 11 nitrogen and oxygen atoms in total. The van der Waals surface area contributed by atoms with E-state index >= 15 is 0 Å². The topological polar surface area (TPSA) is 193 Å². The van der Waals surface area contributed by atoms with E-state index in [4.69, 9.17) is 15.1 Å². The number of rotatable bonds is 0. The van der Waals surface area contributed by atoms with Gasteiger partial charge in [0.2, 0.25) is 0 Å². The standard InChI is InChI=1S/4C10H9NO.BH3O3/c4*1-7-5-6-8-3-2-4-9(12)10(8)11-7;2-1(3)4/h4*2-6,12H,1H3;2-4H. The van der Waals surface area contributed by atoms with Crippen molar-refractivity contribution >= 4 is 50.9 Å². The number of aromatic hydroxyl groups is 4. The summed E-state index contributed by atoms with van der Waals surface area (Å²) >= 11 is 0. The predicted molar refractivity (Wildman–Crippen MR) is 205 cm³/mol. The number of fused-ring (bicyclic) bond motifs is 4. The molecule has 12 heteroatoms. The van der Waals surface area contributed by atoms with Crippen LogP contribution >= 0.6 is 0 Å². The van der Waals surface area contributed by atoms with E-state index in [1.54, 1.807) is 24.3 Å². The Labute approximate surface area is 300 Å². The molecule has 4 heterocycles. The van der Waals surface area contributed by atoms with E-state index in [-0.39, 0.29) is 23.0 Å². The number of aromatic nitrogens is 4. The second-order valence-corrected chi connectivity index (χ2v) is 11.6. The molecule has 0 radical (unpaired) electrons. The van der Waals surface area contributed by atoms with Gasteiger partial charge in [0.1, 0.15) is 45.1 Å². The zero-order valence-corrected chi connectivity index (χ0v) is 29.0. The van der Waals surface area contributed by atoms with Crippen LogP contribution in [0.5, 0.6) is 23.0 Å². The lowest BCUT2D eigenvalue weighted by Crippen LogP contribution is -2.07. The molecule has 0 bridgehead atoms. The van der Waals surface area contributed by atoms with Crippen LogP contribution in [-0.4, -0.2) is 62.8 Å². The number of hydrogen-bond donors (Lipinski definition) is 7. The van der Waals surface area contributed by atoms with Crippen LogP contribution in [-0.2, 0) is 0 Å². The molecule has 4 aromatic carbocycles. The molecular weight excluding hydrogens is 659 g/mol. The highest BCUT2D eigenvalue weighted by molar-refractivity contribution is 6.30. The highest BCUT2D eigenvalue weighted by atomic mass is 16.5. The lowest BCUT2D eigenvalue weighted by molar-refractivity contribution is 0.278. The van der Waals surface area contributed by atoms with E-state index in [0.29, 0.717) is 22.1 Å². The first kappa shape index (κ1) is 38.5. The third-order valence-corrected chi connectivity index (χ3v) is 7.35. The Balaban J connectivity index is 0.000000150. The summed E-state index contributed by atoms with van der Waals surface area (Å²) in [6, 6.07) is 37.1. The third kappa shape index (κ3) is 10.8. The van der Waals surface area contributed by atoms with Gasteiger partial charge in [-0.2, -0.15) is 0 Å². The van der Waals surface area contributed by atoms with Crippen LogP contribution < -0.4 is 0 Å². The number of phenols is 4. The summed E-state index contributed by atoms with van der Waals surface area (Å²) in [6.45, 7) is 7.63. The molecule has 0 aliphatic carbocycles. The van der Waals surface area contributed by atoms with Gasteiger partial charge in [-0.3, -0.25) is 0 Å². The fraction of sp³-hybridized carbons (Fsp3) is 0.100. The van der Waals surface area contributed by atoms with Gasteiger partial charge in [-0.15, -0.1) is 0 Å². The largest absolute Gasteiger partial charge is 0.631 e. The summed E-state index contributed by atoms with van der Waals surface area (Å²) < 4.78 is 0. The van der Waals surface area contributed by atoms with Gasteiger partial charge >= 0.3 is 7.32 Å². The van der Waals surface area contributed by atoms with Crippen LogP contribution in [0.2, 0.25) is 0 Å². The van der Waals surface area contributed by atoms with E-state index in [1.807, 2.05) is 125 Å². The summed E-state index contributed by atoms with van der Waals surface area (Å²) in [5, 5.41) is 63.1. The van der Waals surface area contributed by atoms with E-state index in [2.05, 4.69) is 19.9 Å². The number of aryl methyl sites for hydroxylation is 4. The SMILES string of the molecule is Cc1ccc2cccc(O)c2n1.Cc1ccc2cccc(O)c2n1.Cc1ccc2cccc(O)c2n1.Cc1ccc2cccc(O)c2n1.OB(O)O. The molecule has 52 heavy (non-hydrogen) atoms. The Hall–Kier alpha value is -6.34. The van der Waals surface area contributed by atoms with Crippen LogP contribution in [0.25, 0.3) is 43.6 Å². The van der Waals surface area contributed by atoms with Gasteiger partial charge in [0.05, 0.1) is 0 Å².